The molecule has 2 aliphatic rings. The number of hydrogen-bond donors (Lipinski definition) is 2. The van der Waals surface area contributed by atoms with Crippen molar-refractivity contribution in [3.8, 4) is 0 Å². The Morgan fingerprint density at radius 1 is 1.24 bits per heavy atom. The van der Waals surface area contributed by atoms with E-state index in [1.165, 1.54) is 12.1 Å². The zero-order chi connectivity index (χ0) is 17.2. The molecule has 138 valence electrons. The molecule has 3 nitrogen and oxygen atoms in total. The molecule has 0 radical (unpaired) electrons. The SMILES string of the molecule is CN=C(NCC1(c2cccc(C(F)(F)F)c2)CC1)NC1CC=CC1.I. The van der Waals surface area contributed by atoms with Gasteiger partial charge < -0.3 is 10.6 Å². The lowest BCUT2D eigenvalue weighted by molar-refractivity contribution is -0.137. The van der Waals surface area contributed by atoms with Crippen molar-refractivity contribution in [3.63, 3.8) is 0 Å². The lowest BCUT2D eigenvalue weighted by atomic mass is 9.94. The van der Waals surface area contributed by atoms with Crippen LogP contribution < -0.4 is 10.6 Å². The van der Waals surface area contributed by atoms with Crippen LogP contribution in [-0.2, 0) is 11.6 Å². The molecule has 2 N–H and O–H groups in total. The van der Waals surface area contributed by atoms with Crippen molar-refractivity contribution >= 4 is 29.9 Å². The van der Waals surface area contributed by atoms with E-state index in [2.05, 4.69) is 27.8 Å². The van der Waals surface area contributed by atoms with Gasteiger partial charge in [-0.05, 0) is 37.3 Å². The smallest absolute Gasteiger partial charge is 0.356 e. The molecule has 1 aromatic rings. The summed E-state index contributed by atoms with van der Waals surface area (Å²) in [4.78, 5) is 4.22. The highest BCUT2D eigenvalue weighted by molar-refractivity contribution is 14.0. The number of nitrogens with one attached hydrogen (secondary N) is 2. The largest absolute Gasteiger partial charge is 0.416 e. The van der Waals surface area contributed by atoms with Gasteiger partial charge in [-0.2, -0.15) is 13.2 Å². The van der Waals surface area contributed by atoms with Gasteiger partial charge in [0, 0.05) is 25.0 Å². The predicted molar refractivity (Wildman–Crippen MR) is 104 cm³/mol. The molecule has 0 bridgehead atoms. The van der Waals surface area contributed by atoms with Crippen molar-refractivity contribution in [2.75, 3.05) is 13.6 Å². The van der Waals surface area contributed by atoms with E-state index in [1.807, 2.05) is 0 Å². The highest BCUT2D eigenvalue weighted by Gasteiger charge is 2.45. The second-order valence-electron chi connectivity index (χ2n) is 6.57. The minimum atomic E-state index is -4.30. The maximum atomic E-state index is 12.9. The van der Waals surface area contributed by atoms with Crippen molar-refractivity contribution in [1.29, 1.82) is 0 Å². The summed E-state index contributed by atoms with van der Waals surface area (Å²) >= 11 is 0. The first-order chi connectivity index (χ1) is 11.4. The fraction of sp³-hybridized carbons (Fsp3) is 0.500. The molecule has 0 amide bonds. The average Bonchev–Trinajstić information content (AvgIpc) is 3.18. The molecule has 0 aromatic heterocycles. The van der Waals surface area contributed by atoms with E-state index in [-0.39, 0.29) is 29.4 Å². The number of hydrogen-bond acceptors (Lipinski definition) is 1. The number of rotatable bonds is 4. The zero-order valence-corrected chi connectivity index (χ0v) is 16.4. The van der Waals surface area contributed by atoms with Gasteiger partial charge in [0.2, 0.25) is 0 Å². The molecule has 2 aliphatic carbocycles. The summed E-state index contributed by atoms with van der Waals surface area (Å²) in [5.74, 6) is 0.710. The summed E-state index contributed by atoms with van der Waals surface area (Å²) in [6, 6.07) is 6.04. The van der Waals surface area contributed by atoms with Crippen LogP contribution in [-0.4, -0.2) is 25.6 Å². The van der Waals surface area contributed by atoms with Gasteiger partial charge in [-0.3, -0.25) is 4.99 Å². The van der Waals surface area contributed by atoms with Crippen LogP contribution in [0.5, 0.6) is 0 Å². The van der Waals surface area contributed by atoms with Gasteiger partial charge in [0.05, 0.1) is 5.56 Å². The van der Waals surface area contributed by atoms with Crippen molar-refractivity contribution in [3.05, 3.63) is 47.5 Å². The molecule has 25 heavy (non-hydrogen) atoms. The van der Waals surface area contributed by atoms with Gasteiger partial charge >= 0.3 is 6.18 Å². The third-order valence-corrected chi connectivity index (χ3v) is 4.82. The summed E-state index contributed by atoms with van der Waals surface area (Å²) in [5, 5.41) is 6.64. The normalized spacial score (nSPS) is 19.4. The second kappa shape index (κ2) is 7.97. The lowest BCUT2D eigenvalue weighted by Crippen LogP contribution is -2.45. The van der Waals surface area contributed by atoms with Crippen molar-refractivity contribution < 1.29 is 13.2 Å². The van der Waals surface area contributed by atoms with E-state index in [9.17, 15) is 13.2 Å². The van der Waals surface area contributed by atoms with Crippen molar-refractivity contribution in [1.82, 2.24) is 10.6 Å². The van der Waals surface area contributed by atoms with Gasteiger partial charge in [-0.25, -0.2) is 0 Å². The van der Waals surface area contributed by atoms with Crippen LogP contribution in [0.3, 0.4) is 0 Å². The molecule has 1 aromatic carbocycles. The summed E-state index contributed by atoms with van der Waals surface area (Å²) in [6.45, 7) is 0.591. The molecule has 1 fully saturated rings. The van der Waals surface area contributed by atoms with Gasteiger partial charge in [0.15, 0.2) is 5.96 Å². The Balaban J connectivity index is 0.00000225. The second-order valence-corrected chi connectivity index (χ2v) is 6.57. The number of halogens is 4. The average molecular weight is 465 g/mol. The Hall–Kier alpha value is -1.25. The highest BCUT2D eigenvalue weighted by Crippen LogP contribution is 2.48. The standard InChI is InChI=1S/C18H22F3N3.HI/c1-22-16(24-15-7-2-3-8-15)23-12-17(9-10-17)13-5-4-6-14(11-13)18(19,20)21;/h2-6,11,15H,7-10,12H2,1H3,(H2,22,23,24);1H. The number of aliphatic imine (C=N–C) groups is 1. The summed E-state index contributed by atoms with van der Waals surface area (Å²) in [6.07, 6.45) is 3.70. The molecule has 3 rings (SSSR count). The molecule has 0 saturated heterocycles. The highest BCUT2D eigenvalue weighted by atomic mass is 127. The Morgan fingerprint density at radius 2 is 1.92 bits per heavy atom. The minimum absolute atomic E-state index is 0. The molecular formula is C18H23F3IN3. The van der Waals surface area contributed by atoms with Crippen LogP contribution in [0, 0.1) is 0 Å². The van der Waals surface area contributed by atoms with Gasteiger partial charge in [0.1, 0.15) is 0 Å². The van der Waals surface area contributed by atoms with E-state index < -0.39 is 11.7 Å². The molecule has 0 spiro atoms. The maximum Gasteiger partial charge on any atom is 0.416 e. The van der Waals surface area contributed by atoms with Gasteiger partial charge in [-0.15, -0.1) is 24.0 Å². The number of alkyl halides is 3. The number of nitrogens with zero attached hydrogens (tertiary/aromatic N) is 1. The first-order valence-electron chi connectivity index (χ1n) is 8.23. The van der Waals surface area contributed by atoms with Crippen LogP contribution in [0.4, 0.5) is 13.2 Å². The van der Waals surface area contributed by atoms with Crippen LogP contribution in [0.2, 0.25) is 0 Å². The molecule has 0 atom stereocenters. The van der Waals surface area contributed by atoms with Crippen LogP contribution in [0.15, 0.2) is 41.4 Å². The Morgan fingerprint density at radius 3 is 2.48 bits per heavy atom. The zero-order valence-electron chi connectivity index (χ0n) is 14.1. The molecule has 0 unspecified atom stereocenters. The fourth-order valence-corrected chi connectivity index (χ4v) is 3.12. The summed E-state index contributed by atoms with van der Waals surface area (Å²) in [5.41, 5.74) is -0.0408. The van der Waals surface area contributed by atoms with E-state index >= 15 is 0 Å². The van der Waals surface area contributed by atoms with E-state index in [4.69, 9.17) is 0 Å². The third-order valence-electron chi connectivity index (χ3n) is 4.82. The van der Waals surface area contributed by atoms with Crippen LogP contribution in [0.1, 0.15) is 36.8 Å². The van der Waals surface area contributed by atoms with Crippen LogP contribution in [0.25, 0.3) is 0 Å². The number of benzene rings is 1. The van der Waals surface area contributed by atoms with E-state index in [0.29, 0.717) is 18.5 Å². The predicted octanol–water partition coefficient (Wildman–Crippen LogP) is 4.24. The Bertz CT molecular complexity index is 643. The minimum Gasteiger partial charge on any atom is -0.356 e. The first-order valence-corrected chi connectivity index (χ1v) is 8.23. The molecule has 0 aliphatic heterocycles. The quantitative estimate of drug-likeness (QED) is 0.302. The topological polar surface area (TPSA) is 36.4 Å². The summed E-state index contributed by atoms with van der Waals surface area (Å²) in [7, 11) is 1.71. The van der Waals surface area contributed by atoms with Crippen molar-refractivity contribution in [2.24, 2.45) is 4.99 Å². The van der Waals surface area contributed by atoms with Crippen LogP contribution >= 0.6 is 24.0 Å². The Labute approximate surface area is 163 Å². The Kier molecular flexibility index (Phi) is 6.40. The molecular weight excluding hydrogens is 442 g/mol. The third kappa shape index (κ3) is 4.89. The maximum absolute atomic E-state index is 12.9. The van der Waals surface area contributed by atoms with E-state index in [1.54, 1.807) is 13.1 Å². The first kappa shape index (κ1) is 20.1. The summed E-state index contributed by atoms with van der Waals surface area (Å²) < 4.78 is 38.8. The molecule has 7 heteroatoms. The van der Waals surface area contributed by atoms with Crippen molar-refractivity contribution in [2.45, 2.75) is 43.3 Å². The number of guanidine groups is 1. The molecule has 1 saturated carbocycles. The fourth-order valence-electron chi connectivity index (χ4n) is 3.12. The molecule has 0 heterocycles. The van der Waals surface area contributed by atoms with E-state index in [0.717, 1.165) is 37.3 Å². The lowest BCUT2D eigenvalue weighted by Gasteiger charge is -2.22. The van der Waals surface area contributed by atoms with Gasteiger partial charge in [0.25, 0.3) is 0 Å². The van der Waals surface area contributed by atoms with Gasteiger partial charge in [-0.1, -0.05) is 30.4 Å². The monoisotopic (exact) mass is 465 g/mol.